The molecule has 0 saturated carbocycles. The van der Waals surface area contributed by atoms with Crippen LogP contribution >= 0.6 is 0 Å². The third-order valence-corrected chi connectivity index (χ3v) is 0.727. The summed E-state index contributed by atoms with van der Waals surface area (Å²) in [6, 6.07) is -2.00. The maximum Gasteiger partial charge on any atom is 0.339 e. The Morgan fingerprint density at radius 3 is 2.80 bits per heavy atom. The van der Waals surface area contributed by atoms with Crippen LogP contribution in [0.5, 0.6) is 0 Å². The number of ether oxygens (including phenoxy) is 1. The van der Waals surface area contributed by atoms with E-state index in [0.717, 1.165) is 6.26 Å². The van der Waals surface area contributed by atoms with Crippen molar-refractivity contribution in [1.29, 1.82) is 0 Å². The first-order valence-corrected chi connectivity index (χ1v) is 2.80. The highest BCUT2D eigenvalue weighted by Gasteiger charge is 2.11. The normalized spacial score (nSPS) is 13.5. The second kappa shape index (κ2) is 4.90. The summed E-state index contributed by atoms with van der Waals surface area (Å²) in [5.74, 6) is 0. The van der Waals surface area contributed by atoms with Gasteiger partial charge in [-0.1, -0.05) is 0 Å². The zero-order chi connectivity index (χ0) is 7.98. The van der Waals surface area contributed by atoms with E-state index in [9.17, 15) is 13.6 Å². The topological polar surface area (TPSA) is 26.3 Å². The number of halogens is 2. The van der Waals surface area contributed by atoms with E-state index in [1.54, 1.807) is 6.92 Å². The van der Waals surface area contributed by atoms with Crippen LogP contribution in [-0.4, -0.2) is 18.8 Å². The van der Waals surface area contributed by atoms with Crippen molar-refractivity contribution in [3.8, 4) is 0 Å². The first kappa shape index (κ1) is 9.07. The highest BCUT2D eigenvalue weighted by molar-refractivity contribution is 5.75. The van der Waals surface area contributed by atoms with Crippen molar-refractivity contribution in [2.75, 3.05) is 6.61 Å². The Kier molecular flexibility index (Phi) is 4.45. The van der Waals surface area contributed by atoms with Crippen molar-refractivity contribution in [3.05, 3.63) is 12.3 Å². The molecular weight excluding hydrogens is 142 g/mol. The molecule has 0 bridgehead atoms. The van der Waals surface area contributed by atoms with Crippen LogP contribution < -0.4 is 0 Å². The Hall–Kier alpha value is -0.930. The van der Waals surface area contributed by atoms with Gasteiger partial charge < -0.3 is 4.74 Å². The molecule has 0 aromatic rings. The monoisotopic (exact) mass is 150 g/mol. The summed E-state index contributed by atoms with van der Waals surface area (Å²) in [5, 5.41) is 0. The minimum Gasteiger partial charge on any atom is -0.502 e. The number of hydrogen-bond acceptors (Lipinski definition) is 2. The van der Waals surface area contributed by atoms with Crippen LogP contribution in [0.1, 0.15) is 6.92 Å². The molecule has 0 saturated heterocycles. The maximum absolute atomic E-state index is 12.0. The number of rotatable bonds is 4. The van der Waals surface area contributed by atoms with Crippen molar-refractivity contribution >= 4 is 6.04 Å². The third kappa shape index (κ3) is 4.00. The Labute approximate surface area is 57.5 Å². The summed E-state index contributed by atoms with van der Waals surface area (Å²) in [6.45, 7) is 2.05. The number of hydrogen-bond donors (Lipinski definition) is 0. The highest BCUT2D eigenvalue weighted by atomic mass is 19.2. The van der Waals surface area contributed by atoms with Gasteiger partial charge in [0.1, 0.15) is 0 Å². The largest absolute Gasteiger partial charge is 0.502 e. The zero-order valence-corrected chi connectivity index (χ0v) is 5.51. The van der Waals surface area contributed by atoms with Gasteiger partial charge in [-0.25, -0.2) is 4.39 Å². The van der Waals surface area contributed by atoms with Gasteiger partial charge in [-0.3, -0.25) is 4.79 Å². The molecule has 0 amide bonds. The fraction of sp³-hybridized carbons (Fsp3) is 0.500. The van der Waals surface area contributed by atoms with Crippen molar-refractivity contribution < 1.29 is 18.3 Å². The smallest absolute Gasteiger partial charge is 0.339 e. The van der Waals surface area contributed by atoms with E-state index in [4.69, 9.17) is 0 Å². The van der Waals surface area contributed by atoms with E-state index in [2.05, 4.69) is 4.74 Å². The zero-order valence-electron chi connectivity index (χ0n) is 5.51. The lowest BCUT2D eigenvalue weighted by atomic mass is 10.4. The summed E-state index contributed by atoms with van der Waals surface area (Å²) < 4.78 is 27.9. The minimum absolute atomic E-state index is 0.365. The SMILES string of the molecule is CCO/C=C/C(F)C(=O)F. The van der Waals surface area contributed by atoms with Crippen LogP contribution in [0.3, 0.4) is 0 Å². The average Bonchev–Trinajstić information content (AvgIpc) is 1.88. The molecule has 0 N–H and O–H groups in total. The number of alkyl halides is 1. The Balaban J connectivity index is 3.55. The van der Waals surface area contributed by atoms with Crippen LogP contribution in [0, 0.1) is 0 Å². The second-order valence-electron chi connectivity index (χ2n) is 1.49. The van der Waals surface area contributed by atoms with Crippen molar-refractivity contribution in [3.63, 3.8) is 0 Å². The van der Waals surface area contributed by atoms with E-state index in [-0.39, 0.29) is 0 Å². The van der Waals surface area contributed by atoms with Crippen LogP contribution in [-0.2, 0) is 9.53 Å². The lowest BCUT2D eigenvalue weighted by Gasteiger charge is -1.93. The standard InChI is InChI=1S/C6H8F2O2/c1-2-10-4-3-5(7)6(8)9/h3-5H,2H2,1H3/b4-3+. The first-order chi connectivity index (χ1) is 4.68. The molecule has 58 valence electrons. The molecule has 0 spiro atoms. The summed E-state index contributed by atoms with van der Waals surface area (Å²) in [4.78, 5) is 9.59. The molecule has 0 aliphatic carbocycles. The van der Waals surface area contributed by atoms with Gasteiger partial charge in [0.25, 0.3) is 0 Å². The van der Waals surface area contributed by atoms with E-state index < -0.39 is 12.2 Å². The van der Waals surface area contributed by atoms with Crippen molar-refractivity contribution in [2.45, 2.75) is 13.1 Å². The van der Waals surface area contributed by atoms with Gasteiger partial charge in [-0.2, -0.15) is 4.39 Å². The van der Waals surface area contributed by atoms with Gasteiger partial charge in [0.15, 0.2) is 0 Å². The molecule has 0 rings (SSSR count). The molecule has 0 aromatic carbocycles. The number of allylic oxidation sites excluding steroid dienone is 1. The molecular formula is C6H8F2O2. The van der Waals surface area contributed by atoms with Gasteiger partial charge in [0, 0.05) is 0 Å². The fourth-order valence-electron chi connectivity index (χ4n) is 0.296. The Morgan fingerprint density at radius 2 is 2.40 bits per heavy atom. The first-order valence-electron chi connectivity index (χ1n) is 2.80. The van der Waals surface area contributed by atoms with Gasteiger partial charge >= 0.3 is 6.04 Å². The maximum atomic E-state index is 12.0. The van der Waals surface area contributed by atoms with Gasteiger partial charge in [0.05, 0.1) is 12.9 Å². The summed E-state index contributed by atoms with van der Waals surface area (Å²) in [7, 11) is 0. The quantitative estimate of drug-likeness (QED) is 0.447. The minimum atomic E-state index is -2.19. The number of carbonyl (C=O) groups is 1. The Bertz CT molecular complexity index is 134. The molecule has 0 aromatic heterocycles. The summed E-state index contributed by atoms with van der Waals surface area (Å²) in [6.07, 6.45) is -0.514. The Morgan fingerprint density at radius 1 is 1.80 bits per heavy atom. The summed E-state index contributed by atoms with van der Waals surface area (Å²) in [5.41, 5.74) is 0. The van der Waals surface area contributed by atoms with E-state index in [1.165, 1.54) is 0 Å². The molecule has 2 nitrogen and oxygen atoms in total. The summed E-state index contributed by atoms with van der Waals surface area (Å²) >= 11 is 0. The fourth-order valence-corrected chi connectivity index (χ4v) is 0.296. The lowest BCUT2D eigenvalue weighted by molar-refractivity contribution is -0.132. The molecule has 0 radical (unpaired) electrons. The van der Waals surface area contributed by atoms with E-state index >= 15 is 0 Å². The van der Waals surface area contributed by atoms with Gasteiger partial charge in [0.2, 0.25) is 6.17 Å². The molecule has 0 aliphatic rings. The molecule has 1 atom stereocenters. The third-order valence-electron chi connectivity index (χ3n) is 0.727. The predicted molar refractivity (Wildman–Crippen MR) is 31.8 cm³/mol. The van der Waals surface area contributed by atoms with E-state index in [0.29, 0.717) is 12.7 Å². The molecule has 1 unspecified atom stereocenters. The number of carbonyl (C=O) groups excluding carboxylic acids is 1. The molecule has 10 heavy (non-hydrogen) atoms. The van der Waals surface area contributed by atoms with Gasteiger partial charge in [-0.15, -0.1) is 0 Å². The second-order valence-corrected chi connectivity index (χ2v) is 1.49. The predicted octanol–water partition coefficient (Wildman–Crippen LogP) is 1.37. The average molecular weight is 150 g/mol. The molecule has 0 heterocycles. The molecule has 4 heteroatoms. The van der Waals surface area contributed by atoms with Crippen molar-refractivity contribution in [2.24, 2.45) is 0 Å². The van der Waals surface area contributed by atoms with Crippen LogP contribution in [0.15, 0.2) is 12.3 Å². The van der Waals surface area contributed by atoms with Crippen molar-refractivity contribution in [1.82, 2.24) is 0 Å². The molecule has 0 aliphatic heterocycles. The van der Waals surface area contributed by atoms with Crippen LogP contribution in [0.2, 0.25) is 0 Å². The van der Waals surface area contributed by atoms with E-state index in [1.807, 2.05) is 0 Å². The van der Waals surface area contributed by atoms with Crippen LogP contribution in [0.4, 0.5) is 8.78 Å². The van der Waals surface area contributed by atoms with Gasteiger partial charge in [-0.05, 0) is 13.0 Å². The highest BCUT2D eigenvalue weighted by Crippen LogP contribution is 1.95. The van der Waals surface area contributed by atoms with Crippen LogP contribution in [0.25, 0.3) is 0 Å². The lowest BCUT2D eigenvalue weighted by Crippen LogP contribution is -2.05. The molecule has 0 fully saturated rings.